The summed E-state index contributed by atoms with van der Waals surface area (Å²) >= 11 is 0. The molecule has 1 aromatic rings. The van der Waals surface area contributed by atoms with Crippen LogP contribution in [0.2, 0.25) is 0 Å². The van der Waals surface area contributed by atoms with Gasteiger partial charge in [-0.1, -0.05) is 27.7 Å². The van der Waals surface area contributed by atoms with Crippen LogP contribution in [0, 0.1) is 11.3 Å². The fourth-order valence-electron chi connectivity index (χ4n) is 2.70. The standard InChI is InChI=1S/C17H24N2O2/c1-5-14(20)15(17(2,3)4)19-16(21)13-10-12(13)11-6-8-18-9-7-11/h6-9,12-13,15H,5,10H2,1-4H3,(H,19,21)/t12?,13-,15?/m0/s1. The number of carbonyl (C=O) groups excluding carboxylic acids is 2. The van der Waals surface area contributed by atoms with Gasteiger partial charge >= 0.3 is 0 Å². The maximum Gasteiger partial charge on any atom is 0.224 e. The van der Waals surface area contributed by atoms with Crippen LogP contribution in [0.1, 0.15) is 52.0 Å². The smallest absolute Gasteiger partial charge is 0.224 e. The predicted molar refractivity (Wildman–Crippen MR) is 81.8 cm³/mol. The number of Topliss-reactive ketones (excluding diaryl/α,β-unsaturated/α-hetero) is 1. The Balaban J connectivity index is 2.00. The van der Waals surface area contributed by atoms with Crippen molar-refractivity contribution < 1.29 is 9.59 Å². The molecule has 0 aromatic carbocycles. The average molecular weight is 288 g/mol. The Labute approximate surface area is 126 Å². The van der Waals surface area contributed by atoms with Crippen LogP contribution in [0.5, 0.6) is 0 Å². The molecule has 1 N–H and O–H groups in total. The molecule has 1 aromatic heterocycles. The molecule has 0 saturated heterocycles. The summed E-state index contributed by atoms with van der Waals surface area (Å²) in [5.74, 6) is 0.350. The molecule has 2 unspecified atom stereocenters. The van der Waals surface area contributed by atoms with Gasteiger partial charge in [0.2, 0.25) is 5.91 Å². The van der Waals surface area contributed by atoms with Gasteiger partial charge in [0.1, 0.15) is 0 Å². The number of nitrogens with zero attached hydrogens (tertiary/aromatic N) is 1. The Kier molecular flexibility index (Phi) is 4.45. The minimum Gasteiger partial charge on any atom is -0.346 e. The summed E-state index contributed by atoms with van der Waals surface area (Å²) in [6, 6.07) is 3.50. The Morgan fingerprint density at radius 3 is 2.48 bits per heavy atom. The highest BCUT2D eigenvalue weighted by Gasteiger charge is 2.45. The minimum absolute atomic E-state index is 0.00135. The van der Waals surface area contributed by atoms with Crippen LogP contribution in [-0.2, 0) is 9.59 Å². The molecule has 0 bridgehead atoms. The molecule has 0 aliphatic heterocycles. The molecule has 1 heterocycles. The highest BCUT2D eigenvalue weighted by molar-refractivity contribution is 5.91. The van der Waals surface area contributed by atoms with Gasteiger partial charge in [0, 0.05) is 24.7 Å². The third-order valence-electron chi connectivity index (χ3n) is 4.08. The van der Waals surface area contributed by atoms with E-state index in [0.717, 1.165) is 12.0 Å². The molecule has 1 amide bonds. The maximum absolute atomic E-state index is 12.4. The second-order valence-corrected chi connectivity index (χ2v) is 6.86. The Hall–Kier alpha value is -1.71. The first-order valence-electron chi connectivity index (χ1n) is 7.57. The molecular formula is C17H24N2O2. The van der Waals surface area contributed by atoms with Crippen LogP contribution in [-0.4, -0.2) is 22.7 Å². The van der Waals surface area contributed by atoms with Crippen LogP contribution in [0.3, 0.4) is 0 Å². The van der Waals surface area contributed by atoms with Crippen molar-refractivity contribution in [2.45, 2.75) is 52.5 Å². The SMILES string of the molecule is CCC(=O)C(NC(=O)[C@H]1CC1c1ccncc1)C(C)(C)C. The van der Waals surface area contributed by atoms with Gasteiger partial charge in [0.25, 0.3) is 0 Å². The molecule has 3 atom stereocenters. The summed E-state index contributed by atoms with van der Waals surface area (Å²) in [6.45, 7) is 7.79. The van der Waals surface area contributed by atoms with Crippen LogP contribution >= 0.6 is 0 Å². The van der Waals surface area contributed by atoms with E-state index in [-0.39, 0.29) is 28.9 Å². The van der Waals surface area contributed by atoms with Crippen molar-refractivity contribution in [2.75, 3.05) is 0 Å². The molecular weight excluding hydrogens is 264 g/mol. The first kappa shape index (κ1) is 15.7. The molecule has 4 heteroatoms. The van der Waals surface area contributed by atoms with Crippen molar-refractivity contribution >= 4 is 11.7 Å². The largest absolute Gasteiger partial charge is 0.346 e. The molecule has 0 spiro atoms. The van der Waals surface area contributed by atoms with E-state index in [9.17, 15) is 9.59 Å². The lowest BCUT2D eigenvalue weighted by atomic mass is 9.83. The fourth-order valence-corrected chi connectivity index (χ4v) is 2.70. The third-order valence-corrected chi connectivity index (χ3v) is 4.08. The fraction of sp³-hybridized carbons (Fsp3) is 0.588. The van der Waals surface area contributed by atoms with E-state index in [2.05, 4.69) is 10.3 Å². The monoisotopic (exact) mass is 288 g/mol. The Morgan fingerprint density at radius 1 is 1.33 bits per heavy atom. The number of rotatable bonds is 5. The zero-order valence-corrected chi connectivity index (χ0v) is 13.2. The number of hydrogen-bond acceptors (Lipinski definition) is 3. The predicted octanol–water partition coefficient (Wildman–Crippen LogP) is 2.70. The van der Waals surface area contributed by atoms with Crippen molar-refractivity contribution in [1.29, 1.82) is 0 Å². The lowest BCUT2D eigenvalue weighted by molar-refractivity contribution is -0.130. The van der Waals surface area contributed by atoms with E-state index >= 15 is 0 Å². The van der Waals surface area contributed by atoms with Crippen molar-refractivity contribution in [2.24, 2.45) is 11.3 Å². The molecule has 1 aliphatic carbocycles. The van der Waals surface area contributed by atoms with E-state index in [0.29, 0.717) is 6.42 Å². The van der Waals surface area contributed by atoms with Gasteiger partial charge in [-0.2, -0.15) is 0 Å². The Morgan fingerprint density at radius 2 is 1.95 bits per heavy atom. The lowest BCUT2D eigenvalue weighted by Gasteiger charge is -2.30. The number of nitrogens with one attached hydrogen (secondary N) is 1. The van der Waals surface area contributed by atoms with E-state index in [1.54, 1.807) is 12.4 Å². The second kappa shape index (κ2) is 5.96. The van der Waals surface area contributed by atoms with Crippen LogP contribution in [0.15, 0.2) is 24.5 Å². The highest BCUT2D eigenvalue weighted by atomic mass is 16.2. The molecule has 1 saturated carbocycles. The zero-order valence-electron chi connectivity index (χ0n) is 13.2. The molecule has 114 valence electrons. The first-order chi connectivity index (χ1) is 9.84. The summed E-state index contributed by atoms with van der Waals surface area (Å²) < 4.78 is 0. The van der Waals surface area contributed by atoms with E-state index in [4.69, 9.17) is 0 Å². The summed E-state index contributed by atoms with van der Waals surface area (Å²) in [5, 5.41) is 2.97. The van der Waals surface area contributed by atoms with E-state index < -0.39 is 6.04 Å². The van der Waals surface area contributed by atoms with Crippen molar-refractivity contribution in [1.82, 2.24) is 10.3 Å². The van der Waals surface area contributed by atoms with Gasteiger partial charge < -0.3 is 5.32 Å². The molecule has 4 nitrogen and oxygen atoms in total. The maximum atomic E-state index is 12.4. The van der Waals surface area contributed by atoms with Gasteiger partial charge in [0.15, 0.2) is 5.78 Å². The third kappa shape index (κ3) is 3.69. The molecule has 1 fully saturated rings. The zero-order chi connectivity index (χ0) is 15.6. The number of hydrogen-bond donors (Lipinski definition) is 1. The van der Waals surface area contributed by atoms with Crippen molar-refractivity contribution in [3.63, 3.8) is 0 Å². The van der Waals surface area contributed by atoms with Crippen LogP contribution in [0.4, 0.5) is 0 Å². The summed E-state index contributed by atoms with van der Waals surface area (Å²) in [7, 11) is 0. The first-order valence-corrected chi connectivity index (χ1v) is 7.57. The van der Waals surface area contributed by atoms with Crippen LogP contribution in [0.25, 0.3) is 0 Å². The number of pyridine rings is 1. The quantitative estimate of drug-likeness (QED) is 0.906. The minimum atomic E-state index is -0.409. The second-order valence-electron chi connectivity index (χ2n) is 6.86. The van der Waals surface area contributed by atoms with Gasteiger partial charge in [-0.05, 0) is 35.4 Å². The van der Waals surface area contributed by atoms with E-state index in [1.807, 2.05) is 39.8 Å². The average Bonchev–Trinajstić information content (AvgIpc) is 3.24. The van der Waals surface area contributed by atoms with Crippen molar-refractivity contribution in [3.8, 4) is 0 Å². The van der Waals surface area contributed by atoms with E-state index in [1.165, 1.54) is 0 Å². The number of amides is 1. The summed E-state index contributed by atoms with van der Waals surface area (Å²) in [5.41, 5.74) is 0.892. The van der Waals surface area contributed by atoms with Crippen LogP contribution < -0.4 is 5.32 Å². The van der Waals surface area contributed by atoms with Gasteiger partial charge in [-0.25, -0.2) is 0 Å². The lowest BCUT2D eigenvalue weighted by Crippen LogP contribution is -2.49. The normalized spacial score (nSPS) is 22.5. The molecule has 1 aliphatic rings. The van der Waals surface area contributed by atoms with Gasteiger partial charge in [0.05, 0.1) is 6.04 Å². The molecule has 21 heavy (non-hydrogen) atoms. The van der Waals surface area contributed by atoms with Crippen molar-refractivity contribution in [3.05, 3.63) is 30.1 Å². The molecule has 0 radical (unpaired) electrons. The Bertz CT molecular complexity index is 519. The highest BCUT2D eigenvalue weighted by Crippen LogP contribution is 2.47. The number of aromatic nitrogens is 1. The number of carbonyl (C=O) groups is 2. The number of ketones is 1. The summed E-state index contributed by atoms with van der Waals surface area (Å²) in [4.78, 5) is 28.4. The topological polar surface area (TPSA) is 59.1 Å². The van der Waals surface area contributed by atoms with Gasteiger partial charge in [-0.3, -0.25) is 14.6 Å². The summed E-state index contributed by atoms with van der Waals surface area (Å²) in [6.07, 6.45) is 4.80. The molecule has 2 rings (SSSR count). The van der Waals surface area contributed by atoms with Gasteiger partial charge in [-0.15, -0.1) is 0 Å².